The van der Waals surface area contributed by atoms with Gasteiger partial charge < -0.3 is 19.3 Å². The lowest BCUT2D eigenvalue weighted by Crippen LogP contribution is -2.60. The molecule has 0 aliphatic carbocycles. The van der Waals surface area contributed by atoms with Crippen LogP contribution in [0.2, 0.25) is 0 Å². The van der Waals surface area contributed by atoms with Crippen molar-refractivity contribution in [2.75, 3.05) is 27.3 Å². The van der Waals surface area contributed by atoms with Gasteiger partial charge in [0.15, 0.2) is 0 Å². The summed E-state index contributed by atoms with van der Waals surface area (Å²) in [5.41, 5.74) is 0.401. The maximum absolute atomic E-state index is 14.6. The van der Waals surface area contributed by atoms with Crippen molar-refractivity contribution in [1.82, 2.24) is 9.80 Å². The first-order chi connectivity index (χ1) is 14.7. The summed E-state index contributed by atoms with van der Waals surface area (Å²) in [4.78, 5) is 29.2. The number of hydrogen-bond donors (Lipinski definition) is 0. The summed E-state index contributed by atoms with van der Waals surface area (Å²) in [6, 6.07) is 6.09. The van der Waals surface area contributed by atoms with E-state index in [-0.39, 0.29) is 36.3 Å². The van der Waals surface area contributed by atoms with Crippen molar-refractivity contribution in [1.29, 1.82) is 0 Å². The van der Waals surface area contributed by atoms with Crippen LogP contribution < -0.4 is 9.47 Å². The van der Waals surface area contributed by atoms with Crippen LogP contribution in [0.3, 0.4) is 0 Å². The van der Waals surface area contributed by atoms with Crippen molar-refractivity contribution >= 4 is 11.8 Å². The zero-order chi connectivity index (χ0) is 22.9. The number of aryl methyl sites for hydroxylation is 1. The average Bonchev–Trinajstić information content (AvgIpc) is 2.71. The van der Waals surface area contributed by atoms with Gasteiger partial charge in [-0.15, -0.1) is 0 Å². The van der Waals surface area contributed by atoms with Gasteiger partial charge in [0.25, 0.3) is 11.8 Å². The predicted molar refractivity (Wildman–Crippen MR) is 112 cm³/mol. The van der Waals surface area contributed by atoms with Crippen LogP contribution in [0.15, 0.2) is 30.3 Å². The molecule has 2 aromatic carbocycles. The Kier molecular flexibility index (Phi) is 6.48. The molecule has 0 bridgehead atoms. The highest BCUT2D eigenvalue weighted by Crippen LogP contribution is 2.27. The van der Waals surface area contributed by atoms with E-state index in [9.17, 15) is 18.4 Å². The fraction of sp³-hybridized carbons (Fsp3) is 0.391. The van der Waals surface area contributed by atoms with Crippen LogP contribution >= 0.6 is 0 Å². The molecule has 0 N–H and O–H groups in total. The molecular formula is C23H26F2N2O4. The van der Waals surface area contributed by atoms with E-state index in [1.54, 1.807) is 31.7 Å². The van der Waals surface area contributed by atoms with E-state index in [1.807, 2.05) is 0 Å². The van der Waals surface area contributed by atoms with Crippen LogP contribution in [0, 0.1) is 18.6 Å². The molecule has 6 nitrogen and oxygen atoms in total. The number of carbonyl (C=O) groups is 2. The van der Waals surface area contributed by atoms with Crippen LogP contribution in [0.25, 0.3) is 0 Å². The fourth-order valence-electron chi connectivity index (χ4n) is 4.09. The van der Waals surface area contributed by atoms with Gasteiger partial charge in [0.05, 0.1) is 25.3 Å². The zero-order valence-corrected chi connectivity index (χ0v) is 18.2. The monoisotopic (exact) mass is 432 g/mol. The topological polar surface area (TPSA) is 59.1 Å². The molecule has 0 spiro atoms. The maximum Gasteiger partial charge on any atom is 0.257 e. The van der Waals surface area contributed by atoms with Crippen molar-refractivity contribution < 1.29 is 27.8 Å². The molecule has 2 aromatic rings. The van der Waals surface area contributed by atoms with Gasteiger partial charge in [-0.25, -0.2) is 8.78 Å². The van der Waals surface area contributed by atoms with Crippen molar-refractivity contribution in [2.45, 2.75) is 32.9 Å². The van der Waals surface area contributed by atoms with Gasteiger partial charge in [0.1, 0.15) is 23.1 Å². The van der Waals surface area contributed by atoms with E-state index in [0.717, 1.165) is 6.07 Å². The Morgan fingerprint density at radius 1 is 0.903 bits per heavy atom. The number of ether oxygens (including phenoxy) is 2. The van der Waals surface area contributed by atoms with Crippen LogP contribution in [-0.2, 0) is 0 Å². The number of nitrogens with zero attached hydrogens (tertiary/aromatic N) is 2. The highest BCUT2D eigenvalue weighted by atomic mass is 19.1. The average molecular weight is 432 g/mol. The Morgan fingerprint density at radius 3 is 2.00 bits per heavy atom. The van der Waals surface area contributed by atoms with Gasteiger partial charge in [0, 0.05) is 37.3 Å². The number of methoxy groups -OCH3 is 2. The Balaban J connectivity index is 1.82. The first kappa shape index (κ1) is 22.5. The Labute approximate surface area is 180 Å². The van der Waals surface area contributed by atoms with E-state index in [2.05, 4.69) is 0 Å². The summed E-state index contributed by atoms with van der Waals surface area (Å²) in [6.07, 6.45) is 0. The Morgan fingerprint density at radius 2 is 1.48 bits per heavy atom. The lowest BCUT2D eigenvalue weighted by molar-refractivity contribution is 0.0249. The lowest BCUT2D eigenvalue weighted by Gasteiger charge is -2.44. The van der Waals surface area contributed by atoms with Crippen molar-refractivity contribution in [3.8, 4) is 11.5 Å². The normalized spacial score (nSPS) is 18.7. The third kappa shape index (κ3) is 4.33. The second-order valence-electron chi connectivity index (χ2n) is 7.77. The second kappa shape index (κ2) is 8.91. The van der Waals surface area contributed by atoms with Crippen LogP contribution in [0.5, 0.6) is 11.5 Å². The van der Waals surface area contributed by atoms with E-state index in [4.69, 9.17) is 9.47 Å². The van der Waals surface area contributed by atoms with E-state index >= 15 is 0 Å². The highest BCUT2D eigenvalue weighted by Gasteiger charge is 2.37. The summed E-state index contributed by atoms with van der Waals surface area (Å²) in [6.45, 7) is 5.64. The fourth-order valence-corrected chi connectivity index (χ4v) is 4.09. The lowest BCUT2D eigenvalue weighted by atomic mass is 10.0. The van der Waals surface area contributed by atoms with Crippen LogP contribution in [-0.4, -0.2) is 61.0 Å². The van der Waals surface area contributed by atoms with Crippen molar-refractivity contribution in [3.05, 3.63) is 58.7 Å². The number of halogens is 2. The number of piperazine rings is 1. The smallest absolute Gasteiger partial charge is 0.257 e. The molecule has 2 atom stereocenters. The molecule has 2 amide bonds. The number of hydrogen-bond acceptors (Lipinski definition) is 4. The van der Waals surface area contributed by atoms with E-state index in [0.29, 0.717) is 17.1 Å². The SMILES string of the molecule is COc1ccc(C(=O)N2C[C@@H](C)N(C(=O)c3c(C)cc(OC)cc3F)[C@H](C)C2)c(F)c1. The summed E-state index contributed by atoms with van der Waals surface area (Å²) in [5, 5.41) is 0. The summed E-state index contributed by atoms with van der Waals surface area (Å²) < 4.78 is 39.1. The Hall–Kier alpha value is -3.16. The summed E-state index contributed by atoms with van der Waals surface area (Å²) >= 11 is 0. The highest BCUT2D eigenvalue weighted by molar-refractivity contribution is 5.97. The molecule has 1 aliphatic heterocycles. The van der Waals surface area contributed by atoms with Crippen molar-refractivity contribution in [3.63, 3.8) is 0 Å². The van der Waals surface area contributed by atoms with Crippen LogP contribution in [0.4, 0.5) is 8.78 Å². The molecule has 1 heterocycles. The maximum atomic E-state index is 14.6. The molecule has 0 unspecified atom stereocenters. The van der Waals surface area contributed by atoms with Gasteiger partial charge in [-0.1, -0.05) is 0 Å². The van der Waals surface area contributed by atoms with Crippen molar-refractivity contribution in [2.24, 2.45) is 0 Å². The summed E-state index contributed by atoms with van der Waals surface area (Å²) in [7, 11) is 2.85. The molecular weight excluding hydrogens is 406 g/mol. The first-order valence-corrected chi connectivity index (χ1v) is 9.97. The quantitative estimate of drug-likeness (QED) is 0.740. The molecule has 0 saturated carbocycles. The van der Waals surface area contributed by atoms with Gasteiger partial charge in [-0.3, -0.25) is 9.59 Å². The number of carbonyl (C=O) groups excluding carboxylic acids is 2. The van der Waals surface area contributed by atoms with E-state index in [1.165, 1.54) is 37.3 Å². The molecule has 0 aromatic heterocycles. The largest absolute Gasteiger partial charge is 0.497 e. The minimum Gasteiger partial charge on any atom is -0.497 e. The van der Waals surface area contributed by atoms with Gasteiger partial charge >= 0.3 is 0 Å². The molecule has 1 fully saturated rings. The zero-order valence-electron chi connectivity index (χ0n) is 18.2. The minimum atomic E-state index is -0.668. The number of benzene rings is 2. The molecule has 3 rings (SSSR count). The molecule has 31 heavy (non-hydrogen) atoms. The van der Waals surface area contributed by atoms with E-state index < -0.39 is 23.4 Å². The molecule has 166 valence electrons. The summed E-state index contributed by atoms with van der Waals surface area (Å²) in [5.74, 6) is -1.56. The predicted octanol–water partition coefficient (Wildman–Crippen LogP) is 3.67. The van der Waals surface area contributed by atoms with Gasteiger partial charge in [-0.05, 0) is 44.5 Å². The molecule has 0 radical (unpaired) electrons. The number of rotatable bonds is 4. The van der Waals surface area contributed by atoms with Gasteiger partial charge in [-0.2, -0.15) is 0 Å². The second-order valence-corrected chi connectivity index (χ2v) is 7.77. The molecule has 1 saturated heterocycles. The molecule has 1 aliphatic rings. The van der Waals surface area contributed by atoms with Crippen LogP contribution in [0.1, 0.15) is 40.1 Å². The Bertz CT molecular complexity index is 976. The first-order valence-electron chi connectivity index (χ1n) is 9.97. The third-order valence-electron chi connectivity index (χ3n) is 5.56. The number of amides is 2. The van der Waals surface area contributed by atoms with Gasteiger partial charge in [0.2, 0.25) is 0 Å². The molecule has 8 heteroatoms. The standard InChI is InChI=1S/C23H26F2N2O4/c1-13-8-17(31-5)10-20(25)21(13)23(29)27-14(2)11-26(12-15(27)3)22(28)18-7-6-16(30-4)9-19(18)24/h6-10,14-15H,11-12H2,1-5H3/t14-,15-/m1/s1. The third-order valence-corrected chi connectivity index (χ3v) is 5.56. The minimum absolute atomic E-state index is 0.0134.